The summed E-state index contributed by atoms with van der Waals surface area (Å²) < 4.78 is 0. The predicted molar refractivity (Wildman–Crippen MR) is 63.1 cm³/mol. The zero-order valence-electron chi connectivity index (χ0n) is 9.31. The Morgan fingerprint density at radius 1 is 1.69 bits per heavy atom. The van der Waals surface area contributed by atoms with Crippen molar-refractivity contribution in [2.45, 2.75) is 18.9 Å². The van der Waals surface area contributed by atoms with Crippen molar-refractivity contribution in [2.75, 3.05) is 24.2 Å². The molecule has 0 aromatic carbocycles. The number of nitrogens with two attached hydrogens (primary N) is 1. The molecule has 1 heterocycles. The Balaban J connectivity index is 1.91. The molecule has 5 nitrogen and oxygen atoms in total. The first-order chi connectivity index (χ1) is 7.65. The highest BCUT2D eigenvalue weighted by molar-refractivity contribution is 5.81. The van der Waals surface area contributed by atoms with Crippen LogP contribution < -0.4 is 16.0 Å². The first-order valence-electron chi connectivity index (χ1n) is 5.37. The summed E-state index contributed by atoms with van der Waals surface area (Å²) in [7, 11) is 1.86. The predicted octanol–water partition coefficient (Wildman–Crippen LogP) is 0.379. The van der Waals surface area contributed by atoms with E-state index in [1.165, 1.54) is 0 Å². The van der Waals surface area contributed by atoms with E-state index in [1.54, 1.807) is 12.3 Å². The van der Waals surface area contributed by atoms with E-state index in [-0.39, 0.29) is 5.91 Å². The summed E-state index contributed by atoms with van der Waals surface area (Å²) in [5.41, 5.74) is 6.48. The van der Waals surface area contributed by atoms with Crippen molar-refractivity contribution in [3.8, 4) is 0 Å². The molecular formula is C11H16N4O. The molecule has 1 aliphatic carbocycles. The second-order valence-electron chi connectivity index (χ2n) is 4.14. The van der Waals surface area contributed by atoms with Crippen molar-refractivity contribution in [3.05, 3.63) is 18.3 Å². The van der Waals surface area contributed by atoms with Crippen molar-refractivity contribution >= 4 is 17.4 Å². The van der Waals surface area contributed by atoms with Gasteiger partial charge in [-0.15, -0.1) is 0 Å². The number of carbonyl (C=O) groups excluding carboxylic acids is 1. The Morgan fingerprint density at radius 3 is 3.06 bits per heavy atom. The highest BCUT2D eigenvalue weighted by Crippen LogP contribution is 2.19. The third-order valence-electron chi connectivity index (χ3n) is 2.53. The smallest absolute Gasteiger partial charge is 0.239 e. The van der Waals surface area contributed by atoms with Gasteiger partial charge in [-0.2, -0.15) is 0 Å². The molecule has 3 N–H and O–H groups in total. The molecule has 1 saturated carbocycles. The lowest BCUT2D eigenvalue weighted by molar-refractivity contribution is -0.119. The minimum Gasteiger partial charge on any atom is -0.384 e. The second-order valence-corrected chi connectivity index (χ2v) is 4.14. The third-order valence-corrected chi connectivity index (χ3v) is 2.53. The molecule has 1 aromatic rings. The maximum Gasteiger partial charge on any atom is 0.239 e. The Labute approximate surface area is 94.6 Å². The topological polar surface area (TPSA) is 71.2 Å². The fourth-order valence-electron chi connectivity index (χ4n) is 1.48. The van der Waals surface area contributed by atoms with E-state index >= 15 is 0 Å². The van der Waals surface area contributed by atoms with Crippen molar-refractivity contribution in [1.82, 2.24) is 10.3 Å². The summed E-state index contributed by atoms with van der Waals surface area (Å²) in [6, 6.07) is 3.99. The molecule has 1 aliphatic rings. The van der Waals surface area contributed by atoms with E-state index in [2.05, 4.69) is 10.3 Å². The molecule has 2 rings (SSSR count). The zero-order valence-corrected chi connectivity index (χ0v) is 9.31. The number of anilines is 2. The van der Waals surface area contributed by atoms with E-state index in [9.17, 15) is 4.79 Å². The van der Waals surface area contributed by atoms with Crippen LogP contribution in [0.2, 0.25) is 0 Å². The molecule has 5 heteroatoms. The van der Waals surface area contributed by atoms with Crippen LogP contribution in [0.25, 0.3) is 0 Å². The number of nitrogens with zero attached hydrogens (tertiary/aromatic N) is 2. The van der Waals surface area contributed by atoms with Crippen molar-refractivity contribution in [1.29, 1.82) is 0 Å². The number of likely N-dealkylation sites (N-methyl/N-ethyl adjacent to an activating group) is 1. The van der Waals surface area contributed by atoms with Crippen LogP contribution in [0.15, 0.2) is 18.3 Å². The number of amides is 1. The largest absolute Gasteiger partial charge is 0.384 e. The van der Waals surface area contributed by atoms with Gasteiger partial charge < -0.3 is 16.0 Å². The average molecular weight is 220 g/mol. The molecule has 0 saturated heterocycles. The fraction of sp³-hybridized carbons (Fsp3) is 0.455. The maximum absolute atomic E-state index is 11.6. The fourth-order valence-corrected chi connectivity index (χ4v) is 1.48. The molecule has 0 unspecified atom stereocenters. The molecule has 0 radical (unpaired) electrons. The minimum absolute atomic E-state index is 0.0559. The molecule has 0 spiro atoms. The highest BCUT2D eigenvalue weighted by Gasteiger charge is 2.23. The zero-order chi connectivity index (χ0) is 11.5. The van der Waals surface area contributed by atoms with E-state index < -0.39 is 0 Å². The molecule has 1 fully saturated rings. The van der Waals surface area contributed by atoms with Gasteiger partial charge in [0.05, 0.1) is 6.54 Å². The molecule has 1 aromatic heterocycles. The average Bonchev–Trinajstić information content (AvgIpc) is 3.01. The number of nitrogens with one attached hydrogen (secondary N) is 1. The van der Waals surface area contributed by atoms with Crippen LogP contribution in [-0.4, -0.2) is 30.5 Å². The molecule has 86 valence electrons. The van der Waals surface area contributed by atoms with Gasteiger partial charge in [-0.1, -0.05) is 0 Å². The summed E-state index contributed by atoms with van der Waals surface area (Å²) >= 11 is 0. The van der Waals surface area contributed by atoms with Crippen molar-refractivity contribution in [3.63, 3.8) is 0 Å². The minimum atomic E-state index is 0.0559. The summed E-state index contributed by atoms with van der Waals surface area (Å²) in [6.45, 7) is 0.347. The Morgan fingerprint density at radius 2 is 2.44 bits per heavy atom. The van der Waals surface area contributed by atoms with Crippen LogP contribution in [0.4, 0.5) is 11.5 Å². The number of aromatic nitrogens is 1. The number of rotatable bonds is 4. The van der Waals surface area contributed by atoms with E-state index in [0.29, 0.717) is 18.4 Å². The maximum atomic E-state index is 11.6. The number of carbonyl (C=O) groups is 1. The number of hydrogen-bond acceptors (Lipinski definition) is 4. The molecule has 1 amide bonds. The van der Waals surface area contributed by atoms with Crippen molar-refractivity contribution < 1.29 is 4.79 Å². The summed E-state index contributed by atoms with van der Waals surface area (Å²) in [4.78, 5) is 17.3. The second kappa shape index (κ2) is 4.38. The lowest BCUT2D eigenvalue weighted by Gasteiger charge is -2.18. The highest BCUT2D eigenvalue weighted by atomic mass is 16.2. The monoisotopic (exact) mass is 220 g/mol. The standard InChI is InChI=1S/C11H16N4O/c1-15(7-11(16)14-8-2-3-8)9-4-5-13-10(12)6-9/h4-6,8H,2-3,7H2,1H3,(H2,12,13)(H,14,16). The number of hydrogen-bond donors (Lipinski definition) is 2. The molecule has 0 aliphatic heterocycles. The lowest BCUT2D eigenvalue weighted by atomic mass is 10.3. The first-order valence-corrected chi connectivity index (χ1v) is 5.37. The van der Waals surface area contributed by atoms with E-state index in [0.717, 1.165) is 18.5 Å². The van der Waals surface area contributed by atoms with Gasteiger partial charge in [0.2, 0.25) is 5.91 Å². The summed E-state index contributed by atoms with van der Waals surface area (Å²) in [5.74, 6) is 0.521. The van der Waals surface area contributed by atoms with Gasteiger partial charge in [0.25, 0.3) is 0 Å². The van der Waals surface area contributed by atoms with Crippen LogP contribution in [0.3, 0.4) is 0 Å². The quantitative estimate of drug-likeness (QED) is 0.769. The van der Waals surface area contributed by atoms with E-state index in [1.807, 2.05) is 18.0 Å². The molecule has 16 heavy (non-hydrogen) atoms. The Hall–Kier alpha value is -1.78. The summed E-state index contributed by atoms with van der Waals surface area (Å²) in [5, 5.41) is 2.94. The van der Waals surface area contributed by atoms with Crippen LogP contribution in [0.5, 0.6) is 0 Å². The van der Waals surface area contributed by atoms with Crippen LogP contribution >= 0.6 is 0 Å². The Kier molecular flexibility index (Phi) is 2.94. The van der Waals surface area contributed by atoms with Crippen LogP contribution in [0, 0.1) is 0 Å². The van der Waals surface area contributed by atoms with Gasteiger partial charge >= 0.3 is 0 Å². The van der Waals surface area contributed by atoms with E-state index in [4.69, 9.17) is 5.73 Å². The number of nitrogen functional groups attached to an aromatic ring is 1. The first kappa shape index (κ1) is 10.7. The molecule has 0 atom stereocenters. The van der Waals surface area contributed by atoms with Gasteiger partial charge in [-0.05, 0) is 18.9 Å². The number of pyridine rings is 1. The van der Waals surface area contributed by atoms with Gasteiger partial charge in [-0.25, -0.2) is 4.98 Å². The van der Waals surface area contributed by atoms with Crippen LogP contribution in [-0.2, 0) is 4.79 Å². The summed E-state index contributed by atoms with van der Waals surface area (Å²) in [6.07, 6.45) is 3.86. The molecular weight excluding hydrogens is 204 g/mol. The normalized spacial score (nSPS) is 14.6. The lowest BCUT2D eigenvalue weighted by Crippen LogP contribution is -2.36. The van der Waals surface area contributed by atoms with Gasteiger partial charge in [-0.3, -0.25) is 4.79 Å². The Bertz CT molecular complexity index is 389. The van der Waals surface area contributed by atoms with Gasteiger partial charge in [0.15, 0.2) is 0 Å². The van der Waals surface area contributed by atoms with Crippen molar-refractivity contribution in [2.24, 2.45) is 0 Å². The molecule has 0 bridgehead atoms. The SMILES string of the molecule is CN(CC(=O)NC1CC1)c1ccnc(N)c1. The van der Waals surface area contributed by atoms with Gasteiger partial charge in [0, 0.05) is 31.0 Å². The van der Waals surface area contributed by atoms with Gasteiger partial charge in [0.1, 0.15) is 5.82 Å². The third kappa shape index (κ3) is 2.85. The van der Waals surface area contributed by atoms with Crippen LogP contribution in [0.1, 0.15) is 12.8 Å².